The molecule has 0 aliphatic heterocycles. The van der Waals surface area contributed by atoms with Crippen molar-refractivity contribution in [1.29, 1.82) is 0 Å². The summed E-state index contributed by atoms with van der Waals surface area (Å²) in [7, 11) is 0. The molecule has 0 aliphatic rings. The van der Waals surface area contributed by atoms with E-state index in [1.807, 2.05) is 12.1 Å². The number of aromatic nitrogens is 3. The fourth-order valence-electron chi connectivity index (χ4n) is 4.24. The van der Waals surface area contributed by atoms with E-state index in [-0.39, 0.29) is 17.3 Å². The van der Waals surface area contributed by atoms with Crippen LogP contribution in [0.15, 0.2) is 66.9 Å². The zero-order valence-corrected chi connectivity index (χ0v) is 17.1. The molecule has 0 unspecified atom stereocenters. The third-order valence-electron chi connectivity index (χ3n) is 5.62. The predicted octanol–water partition coefficient (Wildman–Crippen LogP) is 6.13. The molecule has 0 saturated heterocycles. The van der Waals surface area contributed by atoms with Crippen molar-refractivity contribution in [3.05, 3.63) is 83.9 Å². The molecule has 2 aromatic heterocycles. The maximum atomic E-state index is 13.6. The number of benzene rings is 3. The highest BCUT2D eigenvalue weighted by Crippen LogP contribution is 2.42. The summed E-state index contributed by atoms with van der Waals surface area (Å²) in [6.45, 7) is 4.24. The fourth-order valence-corrected chi connectivity index (χ4v) is 4.24. The van der Waals surface area contributed by atoms with E-state index in [0.717, 1.165) is 44.3 Å². The highest BCUT2D eigenvalue weighted by atomic mass is 19.1. The lowest BCUT2D eigenvalue weighted by Gasteiger charge is -2.16. The van der Waals surface area contributed by atoms with E-state index in [1.54, 1.807) is 30.5 Å². The number of nitrogens with one attached hydrogen (secondary N) is 1. The van der Waals surface area contributed by atoms with Crippen LogP contribution in [0.5, 0.6) is 0 Å². The number of carboxylic acids is 1. The number of carbonyl (C=O) groups is 1. The zero-order chi connectivity index (χ0) is 21.7. The number of fused-ring (bicyclic) bond motifs is 2. The molecular weight excluding hydrogens is 393 g/mol. The van der Waals surface area contributed by atoms with Crippen molar-refractivity contribution in [3.8, 4) is 16.8 Å². The SMILES string of the molecule is CC(C)c1c(-c2ccc(C(=O)O)cc2)c2cc3[nH]ncc3cc2n1-c1ccc(F)cc1. The van der Waals surface area contributed by atoms with Gasteiger partial charge in [-0.3, -0.25) is 5.10 Å². The Bertz CT molecular complexity index is 1430. The van der Waals surface area contributed by atoms with Crippen LogP contribution in [0.3, 0.4) is 0 Å². The van der Waals surface area contributed by atoms with Crippen LogP contribution in [0.4, 0.5) is 4.39 Å². The van der Waals surface area contributed by atoms with Gasteiger partial charge in [0, 0.05) is 27.7 Å². The largest absolute Gasteiger partial charge is 0.478 e. The Morgan fingerprint density at radius 2 is 1.77 bits per heavy atom. The average Bonchev–Trinajstić information content (AvgIpc) is 3.34. The summed E-state index contributed by atoms with van der Waals surface area (Å²) in [6.07, 6.45) is 1.78. The van der Waals surface area contributed by atoms with Crippen LogP contribution in [0.25, 0.3) is 38.6 Å². The Kier molecular flexibility index (Phi) is 4.36. The maximum Gasteiger partial charge on any atom is 0.335 e. The zero-order valence-electron chi connectivity index (χ0n) is 17.1. The molecule has 2 N–H and O–H groups in total. The highest BCUT2D eigenvalue weighted by molar-refractivity contribution is 6.06. The molecule has 5 rings (SSSR count). The first kappa shape index (κ1) is 19.1. The fraction of sp³-hybridized carbons (Fsp3) is 0.120. The number of rotatable bonds is 4. The smallest absolute Gasteiger partial charge is 0.335 e. The summed E-state index contributed by atoms with van der Waals surface area (Å²) < 4.78 is 15.8. The second kappa shape index (κ2) is 7.09. The molecular formula is C25H20FN3O2. The number of halogens is 1. The van der Waals surface area contributed by atoms with Crippen LogP contribution in [0.2, 0.25) is 0 Å². The van der Waals surface area contributed by atoms with E-state index in [9.17, 15) is 14.3 Å². The molecule has 5 nitrogen and oxygen atoms in total. The molecule has 0 atom stereocenters. The Hall–Kier alpha value is -3.93. The lowest BCUT2D eigenvalue weighted by Crippen LogP contribution is -2.03. The molecule has 0 spiro atoms. The Morgan fingerprint density at radius 1 is 1.06 bits per heavy atom. The van der Waals surface area contributed by atoms with E-state index in [4.69, 9.17) is 0 Å². The number of H-pyrrole nitrogens is 1. The summed E-state index contributed by atoms with van der Waals surface area (Å²) in [5.74, 6) is -1.08. The van der Waals surface area contributed by atoms with Gasteiger partial charge < -0.3 is 9.67 Å². The van der Waals surface area contributed by atoms with Crippen LogP contribution in [0.1, 0.15) is 35.8 Å². The van der Waals surface area contributed by atoms with E-state index in [0.29, 0.717) is 0 Å². The van der Waals surface area contributed by atoms with E-state index < -0.39 is 5.97 Å². The lowest BCUT2D eigenvalue weighted by molar-refractivity contribution is 0.0697. The number of aromatic amines is 1. The maximum absolute atomic E-state index is 13.6. The summed E-state index contributed by atoms with van der Waals surface area (Å²) in [5, 5.41) is 18.5. The molecule has 6 heteroatoms. The van der Waals surface area contributed by atoms with Crippen LogP contribution >= 0.6 is 0 Å². The average molecular weight is 413 g/mol. The van der Waals surface area contributed by atoms with Crippen LogP contribution in [-0.4, -0.2) is 25.8 Å². The molecule has 154 valence electrons. The van der Waals surface area contributed by atoms with Gasteiger partial charge in [0.25, 0.3) is 0 Å². The van der Waals surface area contributed by atoms with Crippen LogP contribution in [-0.2, 0) is 0 Å². The van der Waals surface area contributed by atoms with Gasteiger partial charge >= 0.3 is 5.97 Å². The number of hydrogen-bond acceptors (Lipinski definition) is 2. The quantitative estimate of drug-likeness (QED) is 0.372. The molecule has 0 saturated carbocycles. The van der Waals surface area contributed by atoms with Crippen molar-refractivity contribution in [3.63, 3.8) is 0 Å². The van der Waals surface area contributed by atoms with Crippen LogP contribution in [0, 0.1) is 5.82 Å². The lowest BCUT2D eigenvalue weighted by atomic mass is 9.96. The molecule has 0 amide bonds. The van der Waals surface area contributed by atoms with Gasteiger partial charge in [-0.1, -0.05) is 26.0 Å². The molecule has 2 heterocycles. The monoisotopic (exact) mass is 413 g/mol. The number of carboxylic acid groups (broad SMARTS) is 1. The number of hydrogen-bond donors (Lipinski definition) is 2. The van der Waals surface area contributed by atoms with Crippen molar-refractivity contribution >= 4 is 27.8 Å². The van der Waals surface area contributed by atoms with E-state index in [1.165, 1.54) is 12.1 Å². The van der Waals surface area contributed by atoms with Crippen molar-refractivity contribution in [2.24, 2.45) is 0 Å². The minimum absolute atomic E-state index is 0.156. The standard InChI is InChI=1S/C25H20FN3O2/c1-14(2)24-23(15-3-5-16(6-4-15)25(30)31)20-12-21-17(13-27-28-21)11-22(20)29(24)19-9-7-18(26)8-10-19/h3-14H,1-2H3,(H,27,28)(H,30,31). The Balaban J connectivity index is 1.90. The topological polar surface area (TPSA) is 70.9 Å². The molecule has 0 bridgehead atoms. The third-order valence-corrected chi connectivity index (χ3v) is 5.62. The second-order valence-electron chi connectivity index (χ2n) is 7.94. The minimum Gasteiger partial charge on any atom is -0.478 e. The number of nitrogens with zero attached hydrogens (tertiary/aromatic N) is 2. The Labute approximate surface area is 177 Å². The summed E-state index contributed by atoms with van der Waals surface area (Å²) >= 11 is 0. The van der Waals surface area contributed by atoms with Gasteiger partial charge in [-0.2, -0.15) is 5.10 Å². The van der Waals surface area contributed by atoms with E-state index in [2.05, 4.69) is 40.7 Å². The van der Waals surface area contributed by atoms with Gasteiger partial charge in [-0.25, -0.2) is 9.18 Å². The first-order valence-electron chi connectivity index (χ1n) is 10.0. The summed E-state index contributed by atoms with van der Waals surface area (Å²) in [4.78, 5) is 11.3. The first-order chi connectivity index (χ1) is 14.9. The molecule has 0 radical (unpaired) electrons. The van der Waals surface area contributed by atoms with Crippen LogP contribution < -0.4 is 0 Å². The van der Waals surface area contributed by atoms with Gasteiger partial charge in [-0.15, -0.1) is 0 Å². The highest BCUT2D eigenvalue weighted by Gasteiger charge is 2.23. The second-order valence-corrected chi connectivity index (χ2v) is 7.94. The van der Waals surface area contributed by atoms with Crippen molar-refractivity contribution in [2.75, 3.05) is 0 Å². The normalized spacial score (nSPS) is 11.6. The van der Waals surface area contributed by atoms with Gasteiger partial charge in [-0.05, 0) is 60.0 Å². The first-order valence-corrected chi connectivity index (χ1v) is 10.0. The molecule has 0 fully saturated rings. The van der Waals surface area contributed by atoms with Gasteiger partial charge in [0.1, 0.15) is 5.82 Å². The van der Waals surface area contributed by atoms with Crippen molar-refractivity contribution in [2.45, 2.75) is 19.8 Å². The van der Waals surface area contributed by atoms with Gasteiger partial charge in [0.05, 0.1) is 22.8 Å². The molecule has 0 aliphatic carbocycles. The molecule has 5 aromatic rings. The number of aromatic carboxylic acids is 1. The minimum atomic E-state index is -0.955. The Morgan fingerprint density at radius 3 is 2.42 bits per heavy atom. The summed E-state index contributed by atoms with van der Waals surface area (Å²) in [6, 6.07) is 17.6. The summed E-state index contributed by atoms with van der Waals surface area (Å²) in [5.41, 5.74) is 6.05. The predicted molar refractivity (Wildman–Crippen MR) is 119 cm³/mol. The third kappa shape index (κ3) is 3.08. The van der Waals surface area contributed by atoms with Crippen molar-refractivity contribution < 1.29 is 14.3 Å². The van der Waals surface area contributed by atoms with E-state index >= 15 is 0 Å². The molecule has 3 aromatic carbocycles. The molecule has 31 heavy (non-hydrogen) atoms. The van der Waals surface area contributed by atoms with Gasteiger partial charge in [0.2, 0.25) is 0 Å². The van der Waals surface area contributed by atoms with Crippen molar-refractivity contribution in [1.82, 2.24) is 14.8 Å². The van der Waals surface area contributed by atoms with Gasteiger partial charge in [0.15, 0.2) is 0 Å².